The number of benzene rings is 3. The minimum atomic E-state index is -0.779. The highest BCUT2D eigenvalue weighted by atomic mass is 16.5. The molecule has 1 atom stereocenters. The number of carbonyl (C=O) groups excluding carboxylic acids is 1. The van der Waals surface area contributed by atoms with Crippen molar-refractivity contribution in [3.63, 3.8) is 0 Å². The zero-order valence-electron chi connectivity index (χ0n) is 18.8. The predicted molar refractivity (Wildman–Crippen MR) is 131 cm³/mol. The normalized spacial score (nSPS) is 12.0. The van der Waals surface area contributed by atoms with Gasteiger partial charge in [-0.1, -0.05) is 54.6 Å². The molecule has 35 heavy (non-hydrogen) atoms. The lowest BCUT2D eigenvalue weighted by Crippen LogP contribution is -2.13. The van der Waals surface area contributed by atoms with Gasteiger partial charge in [0, 0.05) is 40.8 Å². The van der Waals surface area contributed by atoms with E-state index in [1.54, 1.807) is 30.5 Å². The molecule has 0 saturated carbocycles. The van der Waals surface area contributed by atoms with Crippen LogP contribution in [-0.4, -0.2) is 28.3 Å². The molecule has 5 aromatic rings. The third-order valence-electron chi connectivity index (χ3n) is 6.04. The molecule has 7 nitrogen and oxygen atoms in total. The Morgan fingerprint density at radius 3 is 2.54 bits per heavy atom. The first-order valence-electron chi connectivity index (χ1n) is 11.0. The lowest BCUT2D eigenvalue weighted by atomic mass is 9.85. The topological polar surface area (TPSA) is 110 Å². The van der Waals surface area contributed by atoms with Crippen LogP contribution in [0, 0.1) is 0 Å². The number of hydrogen-bond donors (Lipinski definition) is 2. The van der Waals surface area contributed by atoms with Crippen LogP contribution in [0.3, 0.4) is 0 Å². The molecule has 0 amide bonds. The Labute approximate surface area is 199 Å². The zero-order chi connectivity index (χ0) is 24.5. The van der Waals surface area contributed by atoms with Crippen LogP contribution in [0.4, 0.5) is 0 Å². The van der Waals surface area contributed by atoms with E-state index in [4.69, 9.17) is 9.15 Å². The molecule has 0 saturated heterocycles. The molecular weight excluding hydrogens is 446 g/mol. The van der Waals surface area contributed by atoms with Crippen molar-refractivity contribution in [2.75, 3.05) is 7.11 Å². The number of nitrogens with zero attached hydrogens (tertiary/aromatic N) is 1. The largest absolute Gasteiger partial charge is 0.507 e. The number of rotatable bonds is 5. The second kappa shape index (κ2) is 8.95. The van der Waals surface area contributed by atoms with Gasteiger partial charge in [-0.3, -0.25) is 14.6 Å². The van der Waals surface area contributed by atoms with Crippen LogP contribution in [0.25, 0.3) is 33.2 Å². The lowest BCUT2D eigenvalue weighted by Gasteiger charge is -2.21. The highest BCUT2D eigenvalue weighted by Crippen LogP contribution is 2.44. The van der Waals surface area contributed by atoms with Crippen molar-refractivity contribution in [2.24, 2.45) is 0 Å². The molecule has 0 spiro atoms. The van der Waals surface area contributed by atoms with Gasteiger partial charge in [0.05, 0.1) is 19.0 Å². The molecule has 0 unspecified atom stereocenters. The third kappa shape index (κ3) is 3.97. The van der Waals surface area contributed by atoms with Gasteiger partial charge in [-0.2, -0.15) is 0 Å². The number of para-hydroxylation sites is 1. The fourth-order valence-corrected chi connectivity index (χ4v) is 4.43. The standard InChI is InChI=1S/C28H21NO6/c1-34-24(33)13-19(18-11-5-9-17-10-6-12-29-27(17)18)25-20(30)14-21(31)26-22(32)15-23(35-28(25)26)16-7-3-2-4-8-16/h2-12,14-15,19,30-31H,13H2,1H3/t19-/m1/s1. The van der Waals surface area contributed by atoms with E-state index < -0.39 is 23.1 Å². The van der Waals surface area contributed by atoms with E-state index in [9.17, 15) is 19.8 Å². The highest BCUT2D eigenvalue weighted by molar-refractivity contribution is 5.92. The van der Waals surface area contributed by atoms with E-state index in [2.05, 4.69) is 4.98 Å². The van der Waals surface area contributed by atoms with Crippen molar-refractivity contribution in [1.29, 1.82) is 0 Å². The minimum Gasteiger partial charge on any atom is -0.507 e. The summed E-state index contributed by atoms with van der Waals surface area (Å²) in [4.78, 5) is 30.1. The zero-order valence-corrected chi connectivity index (χ0v) is 18.8. The molecule has 2 heterocycles. The molecule has 0 aliphatic rings. The van der Waals surface area contributed by atoms with Crippen molar-refractivity contribution >= 4 is 27.8 Å². The number of fused-ring (bicyclic) bond motifs is 2. The van der Waals surface area contributed by atoms with Gasteiger partial charge < -0.3 is 19.4 Å². The summed E-state index contributed by atoms with van der Waals surface area (Å²) in [5.74, 6) is -1.77. The fourth-order valence-electron chi connectivity index (χ4n) is 4.43. The molecule has 7 heteroatoms. The van der Waals surface area contributed by atoms with Gasteiger partial charge >= 0.3 is 5.97 Å². The van der Waals surface area contributed by atoms with Gasteiger partial charge in [-0.15, -0.1) is 0 Å². The van der Waals surface area contributed by atoms with Gasteiger partial charge in [0.2, 0.25) is 0 Å². The number of esters is 1. The highest BCUT2D eigenvalue weighted by Gasteiger charge is 2.29. The SMILES string of the molecule is COC(=O)C[C@H](c1cccc2cccnc12)c1c(O)cc(O)c2c(=O)cc(-c3ccccc3)oc12. The van der Waals surface area contributed by atoms with E-state index in [-0.39, 0.29) is 34.5 Å². The number of methoxy groups -OCH3 is 1. The molecule has 0 bridgehead atoms. The molecule has 0 aliphatic heterocycles. The maximum atomic E-state index is 13.1. The summed E-state index contributed by atoms with van der Waals surface area (Å²) in [7, 11) is 1.28. The van der Waals surface area contributed by atoms with E-state index in [0.29, 0.717) is 16.6 Å². The Morgan fingerprint density at radius 2 is 1.77 bits per heavy atom. The van der Waals surface area contributed by atoms with Crippen LogP contribution in [0.2, 0.25) is 0 Å². The summed E-state index contributed by atoms with van der Waals surface area (Å²) in [6.45, 7) is 0. The summed E-state index contributed by atoms with van der Waals surface area (Å²) in [6.07, 6.45) is 1.49. The molecule has 3 aromatic carbocycles. The molecule has 0 fully saturated rings. The van der Waals surface area contributed by atoms with Crippen LogP contribution in [0.1, 0.15) is 23.5 Å². The Kier molecular flexibility index (Phi) is 5.66. The smallest absolute Gasteiger partial charge is 0.306 e. The average Bonchev–Trinajstić information content (AvgIpc) is 2.87. The summed E-state index contributed by atoms with van der Waals surface area (Å²) in [5.41, 5.74) is 1.63. The maximum absolute atomic E-state index is 13.1. The number of carbonyl (C=O) groups is 1. The van der Waals surface area contributed by atoms with Gasteiger partial charge in [0.1, 0.15) is 28.2 Å². The Hall–Kier alpha value is -4.65. The molecule has 0 radical (unpaired) electrons. The Morgan fingerprint density at radius 1 is 1.00 bits per heavy atom. The molecule has 0 aliphatic carbocycles. The van der Waals surface area contributed by atoms with Crippen LogP contribution >= 0.6 is 0 Å². The number of pyridine rings is 1. The second-order valence-corrected chi connectivity index (χ2v) is 8.13. The Balaban J connectivity index is 1.86. The van der Waals surface area contributed by atoms with Gasteiger partial charge in [0.15, 0.2) is 5.43 Å². The van der Waals surface area contributed by atoms with E-state index in [1.807, 2.05) is 36.4 Å². The molecule has 2 aromatic heterocycles. The molecule has 2 N–H and O–H groups in total. The Bertz CT molecular complexity index is 1620. The molecule has 5 rings (SSSR count). The number of aromatic nitrogens is 1. The lowest BCUT2D eigenvalue weighted by molar-refractivity contribution is -0.140. The van der Waals surface area contributed by atoms with E-state index in [1.165, 1.54) is 13.2 Å². The molecule has 174 valence electrons. The second-order valence-electron chi connectivity index (χ2n) is 8.13. The van der Waals surface area contributed by atoms with Crippen molar-refractivity contribution in [3.8, 4) is 22.8 Å². The van der Waals surface area contributed by atoms with Crippen LogP contribution in [-0.2, 0) is 9.53 Å². The first-order chi connectivity index (χ1) is 17.0. The van der Waals surface area contributed by atoms with Gasteiger partial charge in [-0.25, -0.2) is 0 Å². The summed E-state index contributed by atoms with van der Waals surface area (Å²) in [6, 6.07) is 20.6. The van der Waals surface area contributed by atoms with Crippen LogP contribution in [0.5, 0.6) is 11.5 Å². The van der Waals surface area contributed by atoms with Gasteiger partial charge in [-0.05, 0) is 11.6 Å². The molecular formula is C28H21NO6. The summed E-state index contributed by atoms with van der Waals surface area (Å²) < 4.78 is 11.1. The van der Waals surface area contributed by atoms with Crippen molar-refractivity contribution in [3.05, 3.63) is 100 Å². The van der Waals surface area contributed by atoms with Crippen LogP contribution < -0.4 is 5.43 Å². The average molecular weight is 467 g/mol. The first kappa shape index (κ1) is 22.2. The summed E-state index contributed by atoms with van der Waals surface area (Å²) in [5, 5.41) is 22.3. The van der Waals surface area contributed by atoms with Crippen LogP contribution in [0.15, 0.2) is 88.2 Å². The minimum absolute atomic E-state index is 0.00399. The third-order valence-corrected chi connectivity index (χ3v) is 6.04. The van der Waals surface area contributed by atoms with E-state index in [0.717, 1.165) is 11.5 Å². The maximum Gasteiger partial charge on any atom is 0.306 e. The van der Waals surface area contributed by atoms with E-state index >= 15 is 0 Å². The number of phenolic OH excluding ortho intramolecular Hbond substituents is 2. The van der Waals surface area contributed by atoms with Crippen molar-refractivity contribution in [1.82, 2.24) is 4.98 Å². The van der Waals surface area contributed by atoms with Gasteiger partial charge in [0.25, 0.3) is 0 Å². The number of ether oxygens (including phenoxy) is 1. The quantitative estimate of drug-likeness (QED) is 0.346. The van der Waals surface area contributed by atoms with Crippen molar-refractivity contribution < 1.29 is 24.2 Å². The fraction of sp³-hybridized carbons (Fsp3) is 0.107. The number of phenols is 2. The predicted octanol–water partition coefficient (Wildman–Crippen LogP) is 5.11. The number of aromatic hydroxyl groups is 2. The number of hydrogen-bond acceptors (Lipinski definition) is 7. The first-order valence-corrected chi connectivity index (χ1v) is 11.0. The van der Waals surface area contributed by atoms with Crippen molar-refractivity contribution in [2.45, 2.75) is 12.3 Å². The summed E-state index contributed by atoms with van der Waals surface area (Å²) >= 11 is 0. The monoisotopic (exact) mass is 467 g/mol.